The van der Waals surface area contributed by atoms with Gasteiger partial charge in [0, 0.05) is 11.4 Å². The van der Waals surface area contributed by atoms with Gasteiger partial charge in [-0.15, -0.1) is 0 Å². The number of ether oxygens (including phenoxy) is 1. The monoisotopic (exact) mass is 285 g/mol. The molecule has 0 saturated carbocycles. The Morgan fingerprint density at radius 3 is 2.60 bits per heavy atom. The minimum Gasteiger partial charge on any atom is -0.493 e. The second kappa shape index (κ2) is 6.98. The molecule has 0 aliphatic rings. The molecule has 0 amide bonds. The Labute approximate surface area is 124 Å². The Balaban J connectivity index is 1.92. The van der Waals surface area contributed by atoms with Gasteiger partial charge in [-0.25, -0.2) is 0 Å². The predicted molar refractivity (Wildman–Crippen MR) is 81.1 cm³/mol. The Morgan fingerprint density at radius 2 is 1.95 bits per heavy atom. The summed E-state index contributed by atoms with van der Waals surface area (Å²) in [4.78, 5) is 0. The fraction of sp³-hybridized carbons (Fsp3) is 0.235. The number of nitrogens with zero attached hydrogens (tertiary/aromatic N) is 1. The molecule has 102 valence electrons. The van der Waals surface area contributed by atoms with E-state index in [4.69, 9.17) is 16.3 Å². The van der Waals surface area contributed by atoms with E-state index in [9.17, 15) is 5.26 Å². The molecule has 0 spiro atoms. The van der Waals surface area contributed by atoms with Crippen LogP contribution in [0.2, 0.25) is 5.02 Å². The van der Waals surface area contributed by atoms with Crippen molar-refractivity contribution in [3.63, 3.8) is 0 Å². The molecule has 2 aromatic rings. The van der Waals surface area contributed by atoms with Gasteiger partial charge in [-0.05, 0) is 30.7 Å². The predicted octanol–water partition coefficient (Wildman–Crippen LogP) is 4.72. The van der Waals surface area contributed by atoms with Crippen molar-refractivity contribution in [2.45, 2.75) is 19.3 Å². The fourth-order valence-electron chi connectivity index (χ4n) is 1.96. The number of aryl methyl sites for hydroxylation is 1. The minimum absolute atomic E-state index is 0.144. The lowest BCUT2D eigenvalue weighted by Crippen LogP contribution is -2.04. The SMILES string of the molecule is Cc1ccc(C(C#N)CCOc2cccc(Cl)c2)cc1. The van der Waals surface area contributed by atoms with Gasteiger partial charge in [0.1, 0.15) is 5.75 Å². The second-order valence-corrected chi connectivity index (χ2v) is 5.12. The Hall–Kier alpha value is -1.98. The van der Waals surface area contributed by atoms with Crippen molar-refractivity contribution in [1.29, 1.82) is 5.26 Å². The number of nitriles is 1. The lowest BCUT2D eigenvalue weighted by molar-refractivity contribution is 0.306. The van der Waals surface area contributed by atoms with E-state index in [2.05, 4.69) is 6.07 Å². The van der Waals surface area contributed by atoms with Crippen LogP contribution in [0.25, 0.3) is 0 Å². The molecule has 0 aliphatic heterocycles. The van der Waals surface area contributed by atoms with E-state index in [1.807, 2.05) is 43.3 Å². The second-order valence-electron chi connectivity index (χ2n) is 4.69. The molecule has 0 aliphatic carbocycles. The van der Waals surface area contributed by atoms with Crippen LogP contribution < -0.4 is 4.74 Å². The number of benzene rings is 2. The summed E-state index contributed by atoms with van der Waals surface area (Å²) < 4.78 is 5.63. The first-order valence-electron chi connectivity index (χ1n) is 6.53. The van der Waals surface area contributed by atoms with Crippen LogP contribution in [0.3, 0.4) is 0 Å². The van der Waals surface area contributed by atoms with Gasteiger partial charge in [-0.2, -0.15) is 5.26 Å². The fourth-order valence-corrected chi connectivity index (χ4v) is 2.14. The van der Waals surface area contributed by atoms with Crippen LogP contribution in [0.15, 0.2) is 48.5 Å². The van der Waals surface area contributed by atoms with E-state index in [1.54, 1.807) is 12.1 Å². The summed E-state index contributed by atoms with van der Waals surface area (Å²) in [6.07, 6.45) is 0.659. The standard InChI is InChI=1S/C17H16ClNO/c1-13-5-7-14(8-6-13)15(12-19)9-10-20-17-4-2-3-16(18)11-17/h2-8,11,15H,9-10H2,1H3. The molecular formula is C17H16ClNO. The maximum absolute atomic E-state index is 9.26. The van der Waals surface area contributed by atoms with Gasteiger partial charge in [-0.3, -0.25) is 0 Å². The molecule has 3 heteroatoms. The van der Waals surface area contributed by atoms with E-state index in [0.29, 0.717) is 18.1 Å². The van der Waals surface area contributed by atoms with Crippen LogP contribution in [0.1, 0.15) is 23.5 Å². The van der Waals surface area contributed by atoms with Crippen LogP contribution in [0, 0.1) is 18.3 Å². The van der Waals surface area contributed by atoms with Gasteiger partial charge < -0.3 is 4.74 Å². The third kappa shape index (κ3) is 4.01. The molecule has 2 aromatic carbocycles. The van der Waals surface area contributed by atoms with Crippen LogP contribution in [-0.4, -0.2) is 6.61 Å². The van der Waals surface area contributed by atoms with Crippen LogP contribution in [0.5, 0.6) is 5.75 Å². The van der Waals surface area contributed by atoms with Crippen LogP contribution in [-0.2, 0) is 0 Å². The molecule has 0 N–H and O–H groups in total. The van der Waals surface area contributed by atoms with E-state index < -0.39 is 0 Å². The van der Waals surface area contributed by atoms with Crippen molar-refractivity contribution >= 4 is 11.6 Å². The van der Waals surface area contributed by atoms with Crippen LogP contribution >= 0.6 is 11.6 Å². The van der Waals surface area contributed by atoms with Gasteiger partial charge in [0.05, 0.1) is 18.6 Å². The maximum atomic E-state index is 9.26. The number of rotatable bonds is 5. The summed E-state index contributed by atoms with van der Waals surface area (Å²) in [7, 11) is 0. The zero-order chi connectivity index (χ0) is 14.4. The van der Waals surface area contributed by atoms with Gasteiger partial charge in [0.15, 0.2) is 0 Å². The molecule has 20 heavy (non-hydrogen) atoms. The lowest BCUT2D eigenvalue weighted by atomic mass is 9.97. The molecule has 1 atom stereocenters. The molecule has 0 heterocycles. The zero-order valence-electron chi connectivity index (χ0n) is 11.3. The first kappa shape index (κ1) is 14.4. The van der Waals surface area contributed by atoms with Crippen molar-refractivity contribution in [2.75, 3.05) is 6.61 Å². The highest BCUT2D eigenvalue weighted by Crippen LogP contribution is 2.21. The van der Waals surface area contributed by atoms with E-state index >= 15 is 0 Å². The average Bonchev–Trinajstić information content (AvgIpc) is 2.45. The number of hydrogen-bond donors (Lipinski definition) is 0. The average molecular weight is 286 g/mol. The van der Waals surface area contributed by atoms with Crippen molar-refractivity contribution in [3.05, 3.63) is 64.7 Å². The van der Waals surface area contributed by atoms with Gasteiger partial charge >= 0.3 is 0 Å². The van der Waals surface area contributed by atoms with E-state index in [1.165, 1.54) is 5.56 Å². The molecule has 2 nitrogen and oxygen atoms in total. The Bertz CT molecular complexity index is 601. The van der Waals surface area contributed by atoms with Crippen LogP contribution in [0.4, 0.5) is 0 Å². The topological polar surface area (TPSA) is 33.0 Å². The third-order valence-electron chi connectivity index (χ3n) is 3.11. The summed E-state index contributed by atoms with van der Waals surface area (Å²) in [5.41, 5.74) is 2.23. The smallest absolute Gasteiger partial charge is 0.120 e. The van der Waals surface area contributed by atoms with Crippen molar-refractivity contribution in [1.82, 2.24) is 0 Å². The zero-order valence-corrected chi connectivity index (χ0v) is 12.1. The van der Waals surface area contributed by atoms with E-state index in [-0.39, 0.29) is 5.92 Å². The van der Waals surface area contributed by atoms with Crippen molar-refractivity contribution < 1.29 is 4.74 Å². The summed E-state index contributed by atoms with van der Waals surface area (Å²) in [6.45, 7) is 2.53. The summed E-state index contributed by atoms with van der Waals surface area (Å²) >= 11 is 5.89. The highest BCUT2D eigenvalue weighted by Gasteiger charge is 2.10. The minimum atomic E-state index is -0.144. The molecule has 0 aromatic heterocycles. The lowest BCUT2D eigenvalue weighted by Gasteiger charge is -2.11. The number of hydrogen-bond acceptors (Lipinski definition) is 2. The van der Waals surface area contributed by atoms with Gasteiger partial charge in [0.25, 0.3) is 0 Å². The van der Waals surface area contributed by atoms with Crippen molar-refractivity contribution in [3.8, 4) is 11.8 Å². The molecular weight excluding hydrogens is 270 g/mol. The molecule has 2 rings (SSSR count). The normalized spacial score (nSPS) is 11.7. The van der Waals surface area contributed by atoms with E-state index in [0.717, 1.165) is 11.3 Å². The van der Waals surface area contributed by atoms with Gasteiger partial charge in [-0.1, -0.05) is 47.5 Å². The highest BCUT2D eigenvalue weighted by atomic mass is 35.5. The van der Waals surface area contributed by atoms with Crippen molar-refractivity contribution in [2.24, 2.45) is 0 Å². The Kier molecular flexibility index (Phi) is 5.03. The van der Waals surface area contributed by atoms with Gasteiger partial charge in [0.2, 0.25) is 0 Å². The maximum Gasteiger partial charge on any atom is 0.120 e. The molecule has 0 fully saturated rings. The third-order valence-corrected chi connectivity index (χ3v) is 3.34. The largest absolute Gasteiger partial charge is 0.493 e. The molecule has 0 bridgehead atoms. The number of halogens is 1. The molecule has 0 radical (unpaired) electrons. The molecule has 0 saturated heterocycles. The first-order valence-corrected chi connectivity index (χ1v) is 6.91. The summed E-state index contributed by atoms with van der Waals surface area (Å²) in [5.74, 6) is 0.591. The summed E-state index contributed by atoms with van der Waals surface area (Å²) in [6, 6.07) is 17.7. The molecule has 1 unspecified atom stereocenters. The first-order chi connectivity index (χ1) is 9.69. The highest BCUT2D eigenvalue weighted by molar-refractivity contribution is 6.30. The quantitative estimate of drug-likeness (QED) is 0.796. The Morgan fingerprint density at radius 1 is 1.20 bits per heavy atom. The summed E-state index contributed by atoms with van der Waals surface area (Å²) in [5, 5.41) is 9.91.